The van der Waals surface area contributed by atoms with Crippen molar-refractivity contribution in [2.24, 2.45) is 0 Å². The third-order valence-corrected chi connectivity index (χ3v) is 6.82. The van der Waals surface area contributed by atoms with Crippen LogP contribution in [0.15, 0.2) is 65.6 Å². The lowest BCUT2D eigenvalue weighted by Crippen LogP contribution is -2.36. The molecule has 0 spiro atoms. The number of anilines is 1. The van der Waals surface area contributed by atoms with E-state index in [9.17, 15) is 24.5 Å². The number of methoxy groups -OCH3 is 2. The zero-order chi connectivity index (χ0) is 28.8. The van der Waals surface area contributed by atoms with Crippen LogP contribution in [0.2, 0.25) is 5.02 Å². The van der Waals surface area contributed by atoms with Crippen LogP contribution in [-0.2, 0) is 16.2 Å². The predicted octanol–water partition coefficient (Wildman–Crippen LogP) is 5.52. The quantitative estimate of drug-likeness (QED) is 0.186. The minimum atomic E-state index is -0.617. The number of ether oxygens (including phenoxy) is 3. The Kier molecular flexibility index (Phi) is 8.92. The van der Waals surface area contributed by atoms with Gasteiger partial charge in [-0.2, -0.15) is 0 Å². The molecule has 3 aromatic carbocycles. The lowest BCUT2D eigenvalue weighted by Gasteiger charge is -2.14. The average Bonchev–Trinajstić information content (AvgIpc) is 3.19. The fourth-order valence-corrected chi connectivity index (χ4v) is 4.75. The van der Waals surface area contributed by atoms with Crippen LogP contribution in [0, 0.1) is 10.1 Å². The molecule has 11 nitrogen and oxygen atoms in total. The van der Waals surface area contributed by atoms with Crippen LogP contribution in [0.5, 0.6) is 17.2 Å². The topological polar surface area (TPSA) is 137 Å². The largest absolute Gasteiger partial charge is 0.497 e. The number of benzene rings is 3. The average molecular weight is 584 g/mol. The summed E-state index contributed by atoms with van der Waals surface area (Å²) in [6.45, 7) is -0.377. The molecule has 3 aromatic rings. The number of carbonyl (C=O) groups is 3. The molecule has 1 aliphatic rings. The normalized spacial score (nSPS) is 13.9. The Bertz CT molecular complexity index is 1490. The van der Waals surface area contributed by atoms with Gasteiger partial charge in [-0.25, -0.2) is 0 Å². The standard InChI is InChI=1S/C27H22ClN3O8S/c1-37-20-9-5-18(6-10-20)29-24(32)14-30-26(33)23(40-27(30)34)13-17-11-21(28)25(22(12-17)38-2)39-15-16-3-7-19(8-4-16)31(35)36/h3-13H,14-15H2,1-2H3,(H,29,32)/b23-13+. The van der Waals surface area contributed by atoms with Gasteiger partial charge >= 0.3 is 0 Å². The summed E-state index contributed by atoms with van der Waals surface area (Å²) >= 11 is 7.14. The molecule has 0 aromatic heterocycles. The van der Waals surface area contributed by atoms with E-state index in [2.05, 4.69) is 5.32 Å². The molecule has 0 aliphatic carbocycles. The maximum atomic E-state index is 12.9. The summed E-state index contributed by atoms with van der Waals surface area (Å²) in [6, 6.07) is 15.6. The number of rotatable bonds is 10. The van der Waals surface area contributed by atoms with Gasteiger partial charge in [0.05, 0.1) is 29.1 Å². The highest BCUT2D eigenvalue weighted by Crippen LogP contribution is 2.39. The Morgan fingerprint density at radius 1 is 1.07 bits per heavy atom. The Hall–Kier alpha value is -4.55. The Morgan fingerprint density at radius 2 is 1.77 bits per heavy atom. The van der Waals surface area contributed by atoms with E-state index in [1.165, 1.54) is 32.4 Å². The summed E-state index contributed by atoms with van der Waals surface area (Å²) in [6.07, 6.45) is 1.47. The van der Waals surface area contributed by atoms with Gasteiger partial charge in [-0.15, -0.1) is 0 Å². The van der Waals surface area contributed by atoms with Crippen LogP contribution >= 0.6 is 23.4 Å². The van der Waals surface area contributed by atoms with E-state index in [4.69, 9.17) is 25.8 Å². The molecule has 0 bridgehead atoms. The highest BCUT2D eigenvalue weighted by atomic mass is 35.5. The molecule has 1 saturated heterocycles. The van der Waals surface area contributed by atoms with Gasteiger partial charge in [0, 0.05) is 17.8 Å². The molecule has 0 saturated carbocycles. The third-order valence-electron chi connectivity index (χ3n) is 5.63. The smallest absolute Gasteiger partial charge is 0.294 e. The molecule has 1 N–H and O–H groups in total. The van der Waals surface area contributed by atoms with Crippen molar-refractivity contribution in [3.63, 3.8) is 0 Å². The second kappa shape index (κ2) is 12.5. The van der Waals surface area contributed by atoms with E-state index in [-0.39, 0.29) is 33.7 Å². The van der Waals surface area contributed by atoms with E-state index in [0.29, 0.717) is 34.3 Å². The van der Waals surface area contributed by atoms with Gasteiger partial charge in [0.2, 0.25) is 5.91 Å². The number of hydrogen-bond donors (Lipinski definition) is 1. The number of nitro groups is 1. The zero-order valence-electron chi connectivity index (χ0n) is 21.2. The minimum absolute atomic E-state index is 0.0361. The first-order valence-corrected chi connectivity index (χ1v) is 12.8. The summed E-state index contributed by atoms with van der Waals surface area (Å²) in [7, 11) is 2.95. The van der Waals surface area contributed by atoms with Gasteiger partial charge in [-0.1, -0.05) is 11.6 Å². The van der Waals surface area contributed by atoms with Crippen LogP contribution in [0.3, 0.4) is 0 Å². The van der Waals surface area contributed by atoms with Crippen molar-refractivity contribution < 1.29 is 33.5 Å². The van der Waals surface area contributed by atoms with Crippen molar-refractivity contribution in [3.8, 4) is 17.2 Å². The number of amides is 3. The van der Waals surface area contributed by atoms with Crippen LogP contribution in [0.4, 0.5) is 16.2 Å². The molecule has 40 heavy (non-hydrogen) atoms. The van der Waals surface area contributed by atoms with E-state index in [1.54, 1.807) is 48.5 Å². The molecule has 0 radical (unpaired) electrons. The maximum absolute atomic E-state index is 12.9. The number of nitrogens with one attached hydrogen (secondary N) is 1. The highest BCUT2D eigenvalue weighted by Gasteiger charge is 2.36. The molecule has 0 atom stereocenters. The third kappa shape index (κ3) is 6.71. The van der Waals surface area contributed by atoms with Crippen molar-refractivity contribution in [3.05, 3.63) is 91.8 Å². The molecular weight excluding hydrogens is 562 g/mol. The SMILES string of the molecule is COc1ccc(NC(=O)CN2C(=O)S/C(=C/c3cc(Cl)c(OCc4ccc([N+](=O)[O-])cc4)c(OC)c3)C2=O)cc1. The van der Waals surface area contributed by atoms with Gasteiger partial charge in [-0.3, -0.25) is 29.4 Å². The molecule has 0 unspecified atom stereocenters. The van der Waals surface area contributed by atoms with E-state index in [0.717, 1.165) is 4.90 Å². The Balaban J connectivity index is 1.44. The summed E-state index contributed by atoms with van der Waals surface area (Å²) in [5, 5.41) is 13.1. The van der Waals surface area contributed by atoms with E-state index < -0.39 is 28.5 Å². The minimum Gasteiger partial charge on any atom is -0.497 e. The molecular formula is C27H22ClN3O8S. The maximum Gasteiger partial charge on any atom is 0.294 e. The van der Waals surface area contributed by atoms with Gasteiger partial charge in [0.15, 0.2) is 11.5 Å². The number of hydrogen-bond acceptors (Lipinski definition) is 9. The van der Waals surface area contributed by atoms with Crippen LogP contribution in [0.25, 0.3) is 6.08 Å². The molecule has 1 heterocycles. The molecule has 13 heteroatoms. The van der Waals surface area contributed by atoms with Crippen molar-refractivity contribution in [2.75, 3.05) is 26.1 Å². The van der Waals surface area contributed by atoms with Crippen molar-refractivity contribution in [2.45, 2.75) is 6.61 Å². The van der Waals surface area contributed by atoms with Crippen molar-refractivity contribution in [1.82, 2.24) is 4.90 Å². The second-order valence-electron chi connectivity index (χ2n) is 8.29. The van der Waals surface area contributed by atoms with Gasteiger partial charge in [-0.05, 0) is 77.5 Å². The van der Waals surface area contributed by atoms with Gasteiger partial charge in [0.1, 0.15) is 18.9 Å². The number of halogens is 1. The van der Waals surface area contributed by atoms with E-state index in [1.807, 2.05) is 0 Å². The second-order valence-corrected chi connectivity index (χ2v) is 9.69. The Labute approximate surface area is 237 Å². The van der Waals surface area contributed by atoms with Crippen LogP contribution in [-0.4, -0.2) is 47.6 Å². The fraction of sp³-hybridized carbons (Fsp3) is 0.148. The van der Waals surface area contributed by atoms with Crippen LogP contribution in [0.1, 0.15) is 11.1 Å². The summed E-state index contributed by atoms with van der Waals surface area (Å²) in [4.78, 5) is 49.2. The monoisotopic (exact) mass is 583 g/mol. The van der Waals surface area contributed by atoms with Gasteiger partial charge in [0.25, 0.3) is 16.8 Å². The lowest BCUT2D eigenvalue weighted by molar-refractivity contribution is -0.384. The summed E-state index contributed by atoms with van der Waals surface area (Å²) in [5.74, 6) is -0.0157. The number of non-ortho nitro benzene ring substituents is 1. The predicted molar refractivity (Wildman–Crippen MR) is 150 cm³/mol. The first kappa shape index (κ1) is 28.5. The molecule has 1 aliphatic heterocycles. The number of nitro benzene ring substituents is 1. The molecule has 206 valence electrons. The lowest BCUT2D eigenvalue weighted by atomic mass is 10.1. The first-order chi connectivity index (χ1) is 19.2. The Morgan fingerprint density at radius 3 is 2.40 bits per heavy atom. The number of imide groups is 1. The summed E-state index contributed by atoms with van der Waals surface area (Å²) in [5.41, 5.74) is 1.60. The number of thioether (sulfide) groups is 1. The zero-order valence-corrected chi connectivity index (χ0v) is 22.8. The van der Waals surface area contributed by atoms with Crippen molar-refractivity contribution >= 4 is 57.9 Å². The van der Waals surface area contributed by atoms with Gasteiger partial charge < -0.3 is 19.5 Å². The number of nitrogens with zero attached hydrogens (tertiary/aromatic N) is 2. The molecule has 1 fully saturated rings. The fourth-order valence-electron chi connectivity index (χ4n) is 3.64. The first-order valence-electron chi connectivity index (χ1n) is 11.6. The highest BCUT2D eigenvalue weighted by molar-refractivity contribution is 8.18. The number of carbonyl (C=O) groups excluding carboxylic acids is 3. The molecule has 3 amide bonds. The van der Waals surface area contributed by atoms with Crippen LogP contribution < -0.4 is 19.5 Å². The van der Waals surface area contributed by atoms with Crippen molar-refractivity contribution in [1.29, 1.82) is 0 Å². The van der Waals surface area contributed by atoms with E-state index >= 15 is 0 Å². The summed E-state index contributed by atoms with van der Waals surface area (Å²) < 4.78 is 16.3. The molecule has 4 rings (SSSR count).